The van der Waals surface area contributed by atoms with Crippen LogP contribution in [-0.4, -0.2) is 58.5 Å². The molecule has 0 unspecified atom stereocenters. The minimum Gasteiger partial charge on any atom is -0.426 e. The second kappa shape index (κ2) is 14.7. The lowest BCUT2D eigenvalue weighted by Crippen LogP contribution is -2.57. The van der Waals surface area contributed by atoms with Crippen LogP contribution < -0.4 is 10.6 Å². The Morgan fingerprint density at radius 1 is 0.909 bits per heavy atom. The van der Waals surface area contributed by atoms with E-state index in [2.05, 4.69) is 60.0 Å². The molecule has 3 aromatic rings. The molecule has 2 fully saturated rings. The number of rotatable bonds is 11. The van der Waals surface area contributed by atoms with Gasteiger partial charge in [0.25, 0.3) is 0 Å². The van der Waals surface area contributed by atoms with Crippen LogP contribution in [0.4, 0.5) is 0 Å². The first-order chi connectivity index (χ1) is 21.2. The highest BCUT2D eigenvalue weighted by atomic mass is 16.4. The molecule has 0 spiro atoms. The van der Waals surface area contributed by atoms with Crippen molar-refractivity contribution in [1.29, 1.82) is 0 Å². The number of nitrogens with zero attached hydrogens (tertiary/aromatic N) is 1. The SMILES string of the molecule is CC(C)[C@H](NC(=O)[C@@H]1C[C@H](c2ccccc2)CN1C(=O)[C@@H](CC1CCCCC1)N[C@@H](C)c1ccc2ccccc2c1)B(O)O. The zero-order valence-corrected chi connectivity index (χ0v) is 26.4. The summed E-state index contributed by atoms with van der Waals surface area (Å²) >= 11 is 0. The highest BCUT2D eigenvalue weighted by molar-refractivity contribution is 6.43. The van der Waals surface area contributed by atoms with Crippen LogP contribution in [0.25, 0.3) is 10.8 Å². The lowest BCUT2D eigenvalue weighted by atomic mass is 9.73. The second-order valence-corrected chi connectivity index (χ2v) is 13.3. The number of carbonyl (C=O) groups is 2. The number of fused-ring (bicyclic) bond motifs is 1. The molecule has 1 heterocycles. The van der Waals surface area contributed by atoms with Gasteiger partial charge in [-0.2, -0.15) is 0 Å². The maximum atomic E-state index is 14.6. The van der Waals surface area contributed by atoms with E-state index in [9.17, 15) is 19.6 Å². The molecule has 8 heteroatoms. The van der Waals surface area contributed by atoms with Crippen LogP contribution >= 0.6 is 0 Å². The molecule has 0 radical (unpaired) electrons. The van der Waals surface area contributed by atoms with Gasteiger partial charge in [-0.3, -0.25) is 14.9 Å². The van der Waals surface area contributed by atoms with E-state index in [1.165, 1.54) is 30.0 Å². The fraction of sp³-hybridized carbons (Fsp3) is 0.500. The van der Waals surface area contributed by atoms with Crippen LogP contribution in [0.1, 0.15) is 88.8 Å². The van der Waals surface area contributed by atoms with Gasteiger partial charge >= 0.3 is 7.12 Å². The van der Waals surface area contributed by atoms with Gasteiger partial charge in [-0.05, 0) is 59.6 Å². The summed E-state index contributed by atoms with van der Waals surface area (Å²) in [6.07, 6.45) is 7.10. The van der Waals surface area contributed by atoms with E-state index in [0.717, 1.165) is 30.4 Å². The van der Waals surface area contributed by atoms with Gasteiger partial charge in [-0.15, -0.1) is 0 Å². The standard InChI is InChI=1S/C36H48BN3O4/c1-24(2)34(37(43)44)39-35(41)33-22-31(27-14-8-5-9-15-27)23-40(33)36(42)32(20-26-12-6-4-7-13-26)38-25(3)29-19-18-28-16-10-11-17-30(28)21-29/h5,8-11,14-19,21,24-26,31-34,38,43-44H,4,6-7,12-13,20,22-23H2,1-3H3,(H,39,41)/t25-,31-,32+,33-,34-/m0/s1. The summed E-state index contributed by atoms with van der Waals surface area (Å²) in [5.41, 5.74) is 2.23. The van der Waals surface area contributed by atoms with Crippen molar-refractivity contribution in [2.45, 2.75) is 95.7 Å². The van der Waals surface area contributed by atoms with Crippen molar-refractivity contribution in [2.24, 2.45) is 11.8 Å². The molecular formula is C36H48BN3O4. The van der Waals surface area contributed by atoms with Crippen molar-refractivity contribution < 1.29 is 19.6 Å². The maximum Gasteiger partial charge on any atom is 0.475 e. The Morgan fingerprint density at radius 3 is 2.27 bits per heavy atom. The van der Waals surface area contributed by atoms with E-state index in [1.807, 2.05) is 44.2 Å². The molecular weight excluding hydrogens is 549 g/mol. The van der Waals surface area contributed by atoms with E-state index < -0.39 is 25.1 Å². The Hall–Kier alpha value is -3.20. The molecule has 0 bridgehead atoms. The summed E-state index contributed by atoms with van der Waals surface area (Å²) in [7, 11) is -1.68. The molecule has 234 valence electrons. The topological polar surface area (TPSA) is 102 Å². The molecule has 0 aromatic heterocycles. The maximum absolute atomic E-state index is 14.6. The molecule has 4 N–H and O–H groups in total. The minimum absolute atomic E-state index is 0.0145. The van der Waals surface area contributed by atoms with Gasteiger partial charge in [0.05, 0.1) is 12.0 Å². The minimum atomic E-state index is -1.68. The summed E-state index contributed by atoms with van der Waals surface area (Å²) in [5, 5.41) is 28.9. The smallest absolute Gasteiger partial charge is 0.426 e. The molecule has 1 saturated carbocycles. The number of amides is 2. The first-order valence-corrected chi connectivity index (χ1v) is 16.5. The Bertz CT molecular complexity index is 1390. The van der Waals surface area contributed by atoms with Crippen molar-refractivity contribution >= 4 is 29.7 Å². The zero-order valence-electron chi connectivity index (χ0n) is 26.4. The summed E-state index contributed by atoms with van der Waals surface area (Å²) in [5.74, 6) is -0.906. The van der Waals surface area contributed by atoms with E-state index in [1.54, 1.807) is 4.90 Å². The predicted molar refractivity (Wildman–Crippen MR) is 177 cm³/mol. The van der Waals surface area contributed by atoms with Crippen molar-refractivity contribution in [2.75, 3.05) is 6.54 Å². The van der Waals surface area contributed by atoms with Crippen LogP contribution in [0, 0.1) is 11.8 Å². The number of hydrogen-bond acceptors (Lipinski definition) is 5. The summed E-state index contributed by atoms with van der Waals surface area (Å²) in [6.45, 7) is 6.24. The largest absolute Gasteiger partial charge is 0.475 e. The number of nitrogens with one attached hydrogen (secondary N) is 2. The number of likely N-dealkylation sites (tertiary alicyclic amines) is 1. The van der Waals surface area contributed by atoms with Gasteiger partial charge in [0.2, 0.25) is 11.8 Å². The van der Waals surface area contributed by atoms with Gasteiger partial charge in [0, 0.05) is 18.5 Å². The van der Waals surface area contributed by atoms with Gasteiger partial charge in [-0.25, -0.2) is 0 Å². The average molecular weight is 598 g/mol. The highest BCUT2D eigenvalue weighted by Crippen LogP contribution is 2.35. The monoisotopic (exact) mass is 597 g/mol. The Kier molecular flexibility index (Phi) is 10.8. The quantitative estimate of drug-likeness (QED) is 0.223. The third kappa shape index (κ3) is 7.71. The Labute approximate surface area is 262 Å². The third-order valence-corrected chi connectivity index (χ3v) is 9.82. The van der Waals surface area contributed by atoms with E-state index >= 15 is 0 Å². The van der Waals surface area contributed by atoms with E-state index in [0.29, 0.717) is 18.9 Å². The molecule has 5 atom stereocenters. The Morgan fingerprint density at radius 2 is 1.59 bits per heavy atom. The number of benzene rings is 3. The predicted octanol–water partition coefficient (Wildman–Crippen LogP) is 5.37. The van der Waals surface area contributed by atoms with Crippen LogP contribution in [0.2, 0.25) is 0 Å². The summed E-state index contributed by atoms with van der Waals surface area (Å²) in [6, 6.07) is 23.6. The molecule has 2 aliphatic rings. The molecule has 3 aromatic carbocycles. The first-order valence-electron chi connectivity index (χ1n) is 16.5. The zero-order chi connectivity index (χ0) is 31.2. The highest BCUT2D eigenvalue weighted by Gasteiger charge is 2.44. The fourth-order valence-electron chi connectivity index (χ4n) is 7.21. The number of carbonyl (C=O) groups excluding carboxylic acids is 2. The molecule has 2 amide bonds. The van der Waals surface area contributed by atoms with Gasteiger partial charge in [0.1, 0.15) is 6.04 Å². The van der Waals surface area contributed by atoms with Gasteiger partial charge in [-0.1, -0.05) is 113 Å². The molecule has 1 aliphatic carbocycles. The van der Waals surface area contributed by atoms with E-state index in [-0.39, 0.29) is 29.7 Å². The lowest BCUT2D eigenvalue weighted by Gasteiger charge is -2.34. The van der Waals surface area contributed by atoms with Crippen molar-refractivity contribution in [3.63, 3.8) is 0 Å². The lowest BCUT2D eigenvalue weighted by molar-refractivity contribution is -0.140. The normalized spacial score (nSPS) is 21.3. The molecule has 1 saturated heterocycles. The van der Waals surface area contributed by atoms with Crippen molar-refractivity contribution in [1.82, 2.24) is 15.5 Å². The first kappa shape index (κ1) is 32.2. The second-order valence-electron chi connectivity index (χ2n) is 13.3. The molecule has 1 aliphatic heterocycles. The Balaban J connectivity index is 1.42. The van der Waals surface area contributed by atoms with Gasteiger partial charge in [0.15, 0.2) is 0 Å². The van der Waals surface area contributed by atoms with Crippen molar-refractivity contribution in [3.05, 3.63) is 83.9 Å². The molecule has 5 rings (SSSR count). The van der Waals surface area contributed by atoms with Crippen LogP contribution in [0.5, 0.6) is 0 Å². The molecule has 7 nitrogen and oxygen atoms in total. The summed E-state index contributed by atoms with van der Waals surface area (Å²) < 4.78 is 0. The van der Waals surface area contributed by atoms with Gasteiger partial charge < -0.3 is 20.3 Å². The summed E-state index contributed by atoms with van der Waals surface area (Å²) in [4.78, 5) is 30.2. The third-order valence-electron chi connectivity index (χ3n) is 9.82. The number of hydrogen-bond donors (Lipinski definition) is 4. The van der Waals surface area contributed by atoms with Crippen LogP contribution in [-0.2, 0) is 9.59 Å². The molecule has 44 heavy (non-hydrogen) atoms. The van der Waals surface area contributed by atoms with Crippen LogP contribution in [0.15, 0.2) is 72.8 Å². The van der Waals surface area contributed by atoms with E-state index in [4.69, 9.17) is 0 Å². The van der Waals surface area contributed by atoms with Crippen molar-refractivity contribution in [3.8, 4) is 0 Å². The average Bonchev–Trinajstić information content (AvgIpc) is 3.49. The van der Waals surface area contributed by atoms with Crippen LogP contribution in [0.3, 0.4) is 0 Å². The fourth-order valence-corrected chi connectivity index (χ4v) is 7.21.